The molecular formula is C19H25NO3. The molecule has 1 heterocycles. The number of nitrogens with zero attached hydrogens (tertiary/aromatic N) is 1. The second kappa shape index (κ2) is 7.30. The summed E-state index contributed by atoms with van der Waals surface area (Å²) in [7, 11) is 0. The van der Waals surface area contributed by atoms with E-state index in [1.54, 1.807) is 0 Å². The van der Waals surface area contributed by atoms with Crippen molar-refractivity contribution in [1.29, 1.82) is 0 Å². The molecule has 23 heavy (non-hydrogen) atoms. The average molecular weight is 315 g/mol. The number of aliphatic hydroxyl groups excluding tert-OH is 1. The lowest BCUT2D eigenvalue weighted by Crippen LogP contribution is -2.48. The molecule has 1 aliphatic heterocycles. The summed E-state index contributed by atoms with van der Waals surface area (Å²) in [6, 6.07) is 14.2. The van der Waals surface area contributed by atoms with E-state index in [0.29, 0.717) is 13.2 Å². The molecule has 1 aliphatic rings. The normalized spacial score (nSPS) is 23.8. The molecule has 2 aromatic carbocycles. The third-order valence-corrected chi connectivity index (χ3v) is 4.13. The summed E-state index contributed by atoms with van der Waals surface area (Å²) in [5.41, 5.74) is 0. The standard InChI is InChI=1S/C19H25NO3/c1-14-10-20(11-15(2)23-14)12-18(21)13-22-19-8-7-16-5-3-4-6-17(16)9-19/h3-9,14-15,18,21H,10-13H2,1-2H3. The molecule has 0 aromatic heterocycles. The van der Waals surface area contributed by atoms with Gasteiger partial charge in [0.25, 0.3) is 0 Å². The fraction of sp³-hybridized carbons (Fsp3) is 0.474. The molecule has 0 amide bonds. The molecule has 2 aromatic rings. The molecule has 4 heteroatoms. The highest BCUT2D eigenvalue weighted by molar-refractivity contribution is 5.83. The van der Waals surface area contributed by atoms with Crippen LogP contribution in [-0.4, -0.2) is 54.6 Å². The van der Waals surface area contributed by atoms with E-state index < -0.39 is 6.10 Å². The number of fused-ring (bicyclic) bond motifs is 1. The summed E-state index contributed by atoms with van der Waals surface area (Å²) in [4.78, 5) is 2.24. The summed E-state index contributed by atoms with van der Waals surface area (Å²) in [5, 5.41) is 12.6. The number of ether oxygens (including phenoxy) is 2. The molecule has 0 spiro atoms. The van der Waals surface area contributed by atoms with Crippen LogP contribution in [0.2, 0.25) is 0 Å². The van der Waals surface area contributed by atoms with E-state index in [0.717, 1.165) is 24.2 Å². The second-order valence-corrected chi connectivity index (χ2v) is 6.45. The van der Waals surface area contributed by atoms with E-state index >= 15 is 0 Å². The summed E-state index contributed by atoms with van der Waals surface area (Å²) >= 11 is 0. The van der Waals surface area contributed by atoms with Crippen LogP contribution in [0, 0.1) is 0 Å². The monoisotopic (exact) mass is 315 g/mol. The van der Waals surface area contributed by atoms with Gasteiger partial charge in [0.1, 0.15) is 18.5 Å². The van der Waals surface area contributed by atoms with Gasteiger partial charge in [-0.2, -0.15) is 0 Å². The lowest BCUT2D eigenvalue weighted by Gasteiger charge is -2.36. The van der Waals surface area contributed by atoms with Crippen LogP contribution in [0.5, 0.6) is 5.75 Å². The van der Waals surface area contributed by atoms with E-state index in [-0.39, 0.29) is 12.2 Å². The average Bonchev–Trinajstić information content (AvgIpc) is 2.52. The zero-order valence-corrected chi connectivity index (χ0v) is 13.8. The molecule has 1 N–H and O–H groups in total. The summed E-state index contributed by atoms with van der Waals surface area (Å²) in [6.07, 6.45) is -0.0707. The van der Waals surface area contributed by atoms with Crippen LogP contribution < -0.4 is 4.74 Å². The Bertz CT molecular complexity index is 635. The third kappa shape index (κ3) is 4.44. The molecular weight excluding hydrogens is 290 g/mol. The molecule has 0 bridgehead atoms. The highest BCUT2D eigenvalue weighted by Gasteiger charge is 2.23. The van der Waals surface area contributed by atoms with Crippen molar-refractivity contribution in [2.75, 3.05) is 26.2 Å². The van der Waals surface area contributed by atoms with Crippen LogP contribution in [0.1, 0.15) is 13.8 Å². The topological polar surface area (TPSA) is 41.9 Å². The second-order valence-electron chi connectivity index (χ2n) is 6.45. The predicted octanol–water partition coefficient (Wildman–Crippen LogP) is 2.69. The van der Waals surface area contributed by atoms with E-state index in [1.165, 1.54) is 5.39 Å². The van der Waals surface area contributed by atoms with Crippen LogP contribution in [-0.2, 0) is 4.74 Å². The van der Waals surface area contributed by atoms with Gasteiger partial charge in [-0.1, -0.05) is 30.3 Å². The van der Waals surface area contributed by atoms with Crippen LogP contribution in [0.4, 0.5) is 0 Å². The summed E-state index contributed by atoms with van der Waals surface area (Å²) in [6.45, 7) is 6.78. The molecule has 4 nitrogen and oxygen atoms in total. The quantitative estimate of drug-likeness (QED) is 0.921. The highest BCUT2D eigenvalue weighted by atomic mass is 16.5. The Morgan fingerprint density at radius 3 is 2.57 bits per heavy atom. The Morgan fingerprint density at radius 1 is 1.13 bits per heavy atom. The minimum Gasteiger partial charge on any atom is -0.491 e. The number of morpholine rings is 1. The van der Waals surface area contributed by atoms with Gasteiger partial charge in [-0.25, -0.2) is 0 Å². The largest absolute Gasteiger partial charge is 0.491 e. The van der Waals surface area contributed by atoms with Crippen molar-refractivity contribution in [3.63, 3.8) is 0 Å². The van der Waals surface area contributed by atoms with Gasteiger partial charge in [0.05, 0.1) is 12.2 Å². The highest BCUT2D eigenvalue weighted by Crippen LogP contribution is 2.20. The summed E-state index contributed by atoms with van der Waals surface area (Å²) < 4.78 is 11.5. The van der Waals surface area contributed by atoms with Gasteiger partial charge < -0.3 is 14.6 Å². The van der Waals surface area contributed by atoms with Crippen molar-refractivity contribution in [3.05, 3.63) is 42.5 Å². The third-order valence-electron chi connectivity index (χ3n) is 4.13. The van der Waals surface area contributed by atoms with Crippen molar-refractivity contribution >= 4 is 10.8 Å². The van der Waals surface area contributed by atoms with Gasteiger partial charge >= 0.3 is 0 Å². The first-order valence-corrected chi connectivity index (χ1v) is 8.27. The number of rotatable bonds is 5. The summed E-state index contributed by atoms with van der Waals surface area (Å²) in [5.74, 6) is 0.798. The maximum Gasteiger partial charge on any atom is 0.120 e. The van der Waals surface area contributed by atoms with E-state index in [1.807, 2.05) is 30.3 Å². The minimum atomic E-state index is -0.501. The lowest BCUT2D eigenvalue weighted by atomic mass is 10.1. The van der Waals surface area contributed by atoms with Crippen molar-refractivity contribution < 1.29 is 14.6 Å². The van der Waals surface area contributed by atoms with Crippen molar-refractivity contribution in [2.45, 2.75) is 32.2 Å². The number of hydrogen-bond acceptors (Lipinski definition) is 4. The molecule has 0 aliphatic carbocycles. The number of aliphatic hydroxyl groups is 1. The molecule has 1 fully saturated rings. The Balaban J connectivity index is 1.52. The minimum absolute atomic E-state index is 0.215. The van der Waals surface area contributed by atoms with Gasteiger partial charge in [0, 0.05) is 19.6 Å². The first-order chi connectivity index (χ1) is 11.1. The molecule has 3 rings (SSSR count). The fourth-order valence-electron chi connectivity index (χ4n) is 3.23. The van der Waals surface area contributed by atoms with Crippen LogP contribution in [0.3, 0.4) is 0 Å². The maximum absolute atomic E-state index is 10.2. The predicted molar refractivity (Wildman–Crippen MR) is 91.9 cm³/mol. The molecule has 3 unspecified atom stereocenters. The van der Waals surface area contributed by atoms with Crippen LogP contribution in [0.15, 0.2) is 42.5 Å². The van der Waals surface area contributed by atoms with Crippen LogP contribution in [0.25, 0.3) is 10.8 Å². The fourth-order valence-corrected chi connectivity index (χ4v) is 3.23. The first kappa shape index (κ1) is 16.2. The van der Waals surface area contributed by atoms with Gasteiger partial charge in [0.15, 0.2) is 0 Å². The number of β-amino-alcohol motifs (C(OH)–C–C–N with tert-alkyl or cyclic N) is 1. The smallest absolute Gasteiger partial charge is 0.120 e. The Morgan fingerprint density at radius 2 is 1.83 bits per heavy atom. The van der Waals surface area contributed by atoms with Crippen molar-refractivity contribution in [3.8, 4) is 5.75 Å². The first-order valence-electron chi connectivity index (χ1n) is 8.27. The van der Waals surface area contributed by atoms with Crippen molar-refractivity contribution in [2.24, 2.45) is 0 Å². The number of benzene rings is 2. The van der Waals surface area contributed by atoms with Gasteiger partial charge in [-0.15, -0.1) is 0 Å². The SMILES string of the molecule is CC1CN(CC(O)COc2ccc3ccccc3c2)CC(C)O1. The van der Waals surface area contributed by atoms with Crippen molar-refractivity contribution in [1.82, 2.24) is 4.90 Å². The molecule has 1 saturated heterocycles. The Labute approximate surface area is 137 Å². The maximum atomic E-state index is 10.2. The van der Waals surface area contributed by atoms with E-state index in [4.69, 9.17) is 9.47 Å². The lowest BCUT2D eigenvalue weighted by molar-refractivity contribution is -0.0786. The zero-order chi connectivity index (χ0) is 16.2. The molecule has 124 valence electrons. The van der Waals surface area contributed by atoms with E-state index in [2.05, 4.69) is 30.9 Å². The number of hydrogen-bond donors (Lipinski definition) is 1. The molecule has 0 radical (unpaired) electrons. The van der Waals surface area contributed by atoms with Gasteiger partial charge in [0.2, 0.25) is 0 Å². The van der Waals surface area contributed by atoms with Crippen LogP contribution >= 0.6 is 0 Å². The molecule has 0 saturated carbocycles. The zero-order valence-electron chi connectivity index (χ0n) is 13.8. The van der Waals surface area contributed by atoms with Gasteiger partial charge in [-0.3, -0.25) is 4.90 Å². The molecule has 3 atom stereocenters. The van der Waals surface area contributed by atoms with E-state index in [9.17, 15) is 5.11 Å². The van der Waals surface area contributed by atoms with Gasteiger partial charge in [-0.05, 0) is 36.8 Å². The Kier molecular flexibility index (Phi) is 5.16. The Hall–Kier alpha value is -1.62.